The summed E-state index contributed by atoms with van der Waals surface area (Å²) in [5.41, 5.74) is 1.20. The van der Waals surface area contributed by atoms with Gasteiger partial charge in [-0.1, -0.05) is 11.6 Å². The number of benzene rings is 1. The van der Waals surface area contributed by atoms with Gasteiger partial charge in [-0.25, -0.2) is 22.5 Å². The Morgan fingerprint density at radius 1 is 1.21 bits per heavy atom. The highest BCUT2D eigenvalue weighted by Gasteiger charge is 2.16. The third kappa shape index (κ3) is 5.13. The second kappa shape index (κ2) is 8.64. The second-order valence-corrected chi connectivity index (χ2v) is 8.10. The van der Waals surface area contributed by atoms with Crippen LogP contribution in [0.5, 0.6) is 0 Å². The fourth-order valence-corrected chi connectivity index (χ4v) is 3.57. The molecule has 0 saturated heterocycles. The normalized spacial score (nSPS) is 11.4. The zero-order chi connectivity index (χ0) is 21.0. The van der Waals surface area contributed by atoms with Crippen LogP contribution in [0.1, 0.15) is 21.9 Å². The molecular weight excluding hydrogens is 423 g/mol. The van der Waals surface area contributed by atoms with Crippen molar-refractivity contribution in [2.24, 2.45) is 7.05 Å². The molecule has 1 amide bonds. The minimum absolute atomic E-state index is 0.0871. The Morgan fingerprint density at radius 3 is 2.62 bits per heavy atom. The molecule has 12 heteroatoms. The molecule has 1 aromatic carbocycles. The van der Waals surface area contributed by atoms with Gasteiger partial charge < -0.3 is 5.32 Å². The Kier molecular flexibility index (Phi) is 6.20. The first-order valence-corrected chi connectivity index (χ1v) is 10.1. The fraction of sp³-hybridized carbons (Fsp3) is 0.176. The number of hydrogen-bond acceptors (Lipinski definition) is 6. The van der Waals surface area contributed by atoms with Gasteiger partial charge in [-0.3, -0.25) is 14.5 Å². The van der Waals surface area contributed by atoms with Crippen LogP contribution in [0.15, 0.2) is 47.8 Å². The van der Waals surface area contributed by atoms with Crippen molar-refractivity contribution in [2.75, 3.05) is 0 Å². The molecule has 0 fully saturated rings. The maximum absolute atomic E-state index is 13.2. The van der Waals surface area contributed by atoms with Crippen LogP contribution in [0, 0.1) is 5.82 Å². The number of aryl methyl sites for hydroxylation is 1. The van der Waals surface area contributed by atoms with Crippen molar-refractivity contribution in [3.63, 3.8) is 0 Å². The molecule has 2 heterocycles. The van der Waals surface area contributed by atoms with Crippen molar-refractivity contribution in [2.45, 2.75) is 18.0 Å². The SMILES string of the molecule is Cn1nccc1CNC(=O)c1cnc(CNS(=O)(=O)c2ccc(F)c(Cl)c2)cn1. The number of amides is 1. The molecule has 0 spiro atoms. The Morgan fingerprint density at radius 2 is 2.00 bits per heavy atom. The molecule has 3 aromatic rings. The summed E-state index contributed by atoms with van der Waals surface area (Å²) in [7, 11) is -2.16. The third-order valence-corrected chi connectivity index (χ3v) is 5.62. The van der Waals surface area contributed by atoms with Crippen molar-refractivity contribution >= 4 is 27.5 Å². The van der Waals surface area contributed by atoms with Gasteiger partial charge in [-0.15, -0.1) is 0 Å². The molecule has 2 aromatic heterocycles. The van der Waals surface area contributed by atoms with Gasteiger partial charge in [-0.05, 0) is 24.3 Å². The van der Waals surface area contributed by atoms with E-state index in [0.29, 0.717) is 5.69 Å². The van der Waals surface area contributed by atoms with Gasteiger partial charge >= 0.3 is 0 Å². The van der Waals surface area contributed by atoms with E-state index in [2.05, 4.69) is 25.1 Å². The summed E-state index contributed by atoms with van der Waals surface area (Å²) in [4.78, 5) is 20.0. The summed E-state index contributed by atoms with van der Waals surface area (Å²) in [5.74, 6) is -1.14. The zero-order valence-corrected chi connectivity index (χ0v) is 16.7. The molecule has 0 aliphatic heterocycles. The predicted molar refractivity (Wildman–Crippen MR) is 102 cm³/mol. The molecule has 9 nitrogen and oxygen atoms in total. The van der Waals surface area contributed by atoms with Gasteiger partial charge in [0.1, 0.15) is 11.5 Å². The Hall–Kier alpha value is -2.89. The largest absolute Gasteiger partial charge is 0.345 e. The van der Waals surface area contributed by atoms with E-state index in [9.17, 15) is 17.6 Å². The minimum Gasteiger partial charge on any atom is -0.345 e. The van der Waals surface area contributed by atoms with Gasteiger partial charge in [0, 0.05) is 13.2 Å². The lowest BCUT2D eigenvalue weighted by Crippen LogP contribution is -2.26. The molecule has 29 heavy (non-hydrogen) atoms. The number of rotatable bonds is 7. The zero-order valence-electron chi connectivity index (χ0n) is 15.1. The summed E-state index contributed by atoms with van der Waals surface area (Å²) in [5, 5.41) is 6.40. The van der Waals surface area contributed by atoms with E-state index < -0.39 is 21.7 Å². The fourth-order valence-electron chi connectivity index (χ4n) is 2.30. The van der Waals surface area contributed by atoms with E-state index in [4.69, 9.17) is 11.6 Å². The number of sulfonamides is 1. The van der Waals surface area contributed by atoms with E-state index in [0.717, 1.165) is 23.9 Å². The van der Waals surface area contributed by atoms with Gasteiger partial charge in [0.05, 0.1) is 46.8 Å². The van der Waals surface area contributed by atoms with Crippen LogP contribution in [-0.4, -0.2) is 34.1 Å². The Balaban J connectivity index is 1.59. The molecule has 0 aliphatic carbocycles. The monoisotopic (exact) mass is 438 g/mol. The smallest absolute Gasteiger partial charge is 0.271 e. The summed E-state index contributed by atoms with van der Waals surface area (Å²) < 4.78 is 41.7. The van der Waals surface area contributed by atoms with Crippen molar-refractivity contribution in [3.05, 3.63) is 70.8 Å². The maximum Gasteiger partial charge on any atom is 0.271 e. The van der Waals surface area contributed by atoms with E-state index in [-0.39, 0.29) is 28.7 Å². The maximum atomic E-state index is 13.2. The van der Waals surface area contributed by atoms with E-state index >= 15 is 0 Å². The number of carbonyl (C=O) groups excluding carboxylic acids is 1. The van der Waals surface area contributed by atoms with Crippen LogP contribution in [0.2, 0.25) is 5.02 Å². The molecule has 0 saturated carbocycles. The first kappa shape index (κ1) is 20.8. The second-order valence-electron chi connectivity index (χ2n) is 5.92. The van der Waals surface area contributed by atoms with Crippen LogP contribution in [-0.2, 0) is 30.2 Å². The highest BCUT2D eigenvalue weighted by molar-refractivity contribution is 7.89. The van der Waals surface area contributed by atoms with Crippen LogP contribution >= 0.6 is 11.6 Å². The van der Waals surface area contributed by atoms with Gasteiger partial charge in [0.2, 0.25) is 10.0 Å². The van der Waals surface area contributed by atoms with Crippen LogP contribution in [0.3, 0.4) is 0 Å². The Bertz CT molecular complexity index is 1130. The molecule has 0 unspecified atom stereocenters. The number of carbonyl (C=O) groups is 1. The summed E-state index contributed by atoms with van der Waals surface area (Å²) in [6.45, 7) is 0.111. The molecule has 152 valence electrons. The highest BCUT2D eigenvalue weighted by atomic mass is 35.5. The number of halogens is 2. The topological polar surface area (TPSA) is 119 Å². The van der Waals surface area contributed by atoms with Gasteiger partial charge in [0.15, 0.2) is 0 Å². The molecule has 2 N–H and O–H groups in total. The van der Waals surface area contributed by atoms with Crippen LogP contribution < -0.4 is 10.0 Å². The lowest BCUT2D eigenvalue weighted by molar-refractivity contribution is 0.0944. The predicted octanol–water partition coefficient (Wildman–Crippen LogP) is 1.41. The van der Waals surface area contributed by atoms with Gasteiger partial charge in [0.25, 0.3) is 5.91 Å². The molecule has 0 radical (unpaired) electrons. The minimum atomic E-state index is -3.92. The van der Waals surface area contributed by atoms with Crippen LogP contribution in [0.25, 0.3) is 0 Å². The number of nitrogens with one attached hydrogen (secondary N) is 2. The highest BCUT2D eigenvalue weighted by Crippen LogP contribution is 2.19. The van der Waals surface area contributed by atoms with Crippen molar-refractivity contribution in [1.82, 2.24) is 29.8 Å². The molecular formula is C17H16ClFN6O3S. The molecule has 0 bridgehead atoms. The molecule has 0 atom stereocenters. The number of hydrogen-bond donors (Lipinski definition) is 2. The lowest BCUT2D eigenvalue weighted by atomic mass is 10.3. The van der Waals surface area contributed by atoms with Crippen LogP contribution in [0.4, 0.5) is 4.39 Å². The number of nitrogens with zero attached hydrogens (tertiary/aromatic N) is 4. The summed E-state index contributed by atoms with van der Waals surface area (Å²) in [6, 6.07) is 4.86. The standard InChI is InChI=1S/C17H16ClFN6O3S/c1-25-12(4-5-23-25)9-22-17(26)16-10-20-11(7-21-16)8-24-29(27,28)13-2-3-15(19)14(18)6-13/h2-7,10,24H,8-9H2,1H3,(H,22,26). The van der Waals surface area contributed by atoms with Crippen molar-refractivity contribution in [1.29, 1.82) is 0 Å². The third-order valence-electron chi connectivity index (χ3n) is 3.94. The molecule has 0 aliphatic rings. The van der Waals surface area contributed by atoms with Crippen molar-refractivity contribution < 1.29 is 17.6 Å². The number of aromatic nitrogens is 4. The molecule has 3 rings (SSSR count). The first-order valence-electron chi connectivity index (χ1n) is 8.27. The summed E-state index contributed by atoms with van der Waals surface area (Å²) >= 11 is 5.62. The lowest BCUT2D eigenvalue weighted by Gasteiger charge is -2.08. The quantitative estimate of drug-likeness (QED) is 0.575. The first-order chi connectivity index (χ1) is 13.8. The van der Waals surface area contributed by atoms with E-state index in [1.807, 2.05) is 0 Å². The average molecular weight is 439 g/mol. The van der Waals surface area contributed by atoms with Crippen molar-refractivity contribution in [3.8, 4) is 0 Å². The van der Waals surface area contributed by atoms with E-state index in [1.54, 1.807) is 24.0 Å². The summed E-state index contributed by atoms with van der Waals surface area (Å²) in [6.07, 6.45) is 4.16. The van der Waals surface area contributed by atoms with Gasteiger partial charge in [-0.2, -0.15) is 5.10 Å². The van der Waals surface area contributed by atoms with E-state index in [1.165, 1.54) is 12.4 Å². The average Bonchev–Trinajstić information content (AvgIpc) is 3.12. The Labute approximate surface area is 171 Å².